The molecule has 3 aromatic rings. The number of hydrogen-bond acceptors (Lipinski definition) is 4. The van der Waals surface area contributed by atoms with Gasteiger partial charge in [-0.3, -0.25) is 4.79 Å². The van der Waals surface area contributed by atoms with Gasteiger partial charge in [-0.2, -0.15) is 0 Å². The van der Waals surface area contributed by atoms with Gasteiger partial charge in [-0.1, -0.05) is 18.2 Å². The van der Waals surface area contributed by atoms with Crippen molar-refractivity contribution in [2.75, 3.05) is 33.4 Å². The Labute approximate surface area is 176 Å². The zero-order valence-corrected chi connectivity index (χ0v) is 17.6. The number of fused-ring (bicyclic) bond motifs is 1. The van der Waals surface area contributed by atoms with Gasteiger partial charge in [-0.05, 0) is 44.2 Å². The molecule has 6 heteroatoms. The zero-order chi connectivity index (χ0) is 21.1. The molecule has 0 saturated heterocycles. The van der Waals surface area contributed by atoms with Gasteiger partial charge in [0.2, 0.25) is 0 Å². The molecule has 0 unspecified atom stereocenters. The topological polar surface area (TPSA) is 52.9 Å². The van der Waals surface area contributed by atoms with Gasteiger partial charge in [-0.25, -0.2) is 0 Å². The predicted octanol–water partition coefficient (Wildman–Crippen LogP) is 4.02. The summed E-state index contributed by atoms with van der Waals surface area (Å²) in [5, 5.41) is 0. The number of aromatic nitrogens is 1. The Morgan fingerprint density at radius 3 is 2.53 bits per heavy atom. The largest absolute Gasteiger partial charge is 0.492 e. The molecule has 0 aliphatic carbocycles. The molecule has 4 rings (SSSR count). The highest BCUT2D eigenvalue weighted by molar-refractivity contribution is 5.95. The maximum atomic E-state index is 13.0. The summed E-state index contributed by atoms with van der Waals surface area (Å²) in [4.78, 5) is 14.7. The maximum absolute atomic E-state index is 13.0. The number of ether oxygens (including phenoxy) is 3. The third kappa shape index (κ3) is 3.99. The van der Waals surface area contributed by atoms with Crippen molar-refractivity contribution in [2.24, 2.45) is 0 Å². The number of rotatable bonds is 6. The van der Waals surface area contributed by atoms with Gasteiger partial charge >= 0.3 is 0 Å². The zero-order valence-electron chi connectivity index (χ0n) is 17.6. The molecule has 0 N–H and O–H groups in total. The van der Waals surface area contributed by atoms with E-state index in [1.165, 1.54) is 0 Å². The van der Waals surface area contributed by atoms with Crippen molar-refractivity contribution in [1.82, 2.24) is 9.47 Å². The first-order chi connectivity index (χ1) is 14.5. The molecule has 1 aromatic heterocycles. The molecule has 1 amide bonds. The van der Waals surface area contributed by atoms with Crippen LogP contribution in [0.15, 0.2) is 54.6 Å². The lowest BCUT2D eigenvalue weighted by atomic mass is 10.2. The third-order valence-corrected chi connectivity index (χ3v) is 5.23. The van der Waals surface area contributed by atoms with Crippen LogP contribution in [0.3, 0.4) is 0 Å². The molecule has 0 fully saturated rings. The van der Waals surface area contributed by atoms with Crippen molar-refractivity contribution in [3.05, 3.63) is 71.5 Å². The highest BCUT2D eigenvalue weighted by atomic mass is 16.6. The number of para-hydroxylation sites is 1. The van der Waals surface area contributed by atoms with E-state index in [1.54, 1.807) is 11.9 Å². The van der Waals surface area contributed by atoms with Crippen LogP contribution in [0.4, 0.5) is 0 Å². The van der Waals surface area contributed by atoms with Gasteiger partial charge in [0.25, 0.3) is 5.91 Å². The van der Waals surface area contributed by atoms with E-state index in [-0.39, 0.29) is 5.91 Å². The molecular formula is C24H26N2O4. The molecule has 0 radical (unpaired) electrons. The van der Waals surface area contributed by atoms with Crippen LogP contribution in [-0.4, -0.2) is 48.8 Å². The monoisotopic (exact) mass is 406 g/mol. The lowest BCUT2D eigenvalue weighted by molar-refractivity contribution is 0.0773. The van der Waals surface area contributed by atoms with Crippen molar-refractivity contribution >= 4 is 5.91 Å². The average Bonchev–Trinajstić information content (AvgIpc) is 3.07. The second-order valence-electron chi connectivity index (χ2n) is 7.34. The molecule has 30 heavy (non-hydrogen) atoms. The van der Waals surface area contributed by atoms with Crippen LogP contribution in [0.2, 0.25) is 0 Å². The number of amides is 1. The Morgan fingerprint density at radius 1 is 1.03 bits per heavy atom. The maximum Gasteiger partial charge on any atom is 0.255 e. The van der Waals surface area contributed by atoms with E-state index in [9.17, 15) is 4.79 Å². The average molecular weight is 406 g/mol. The normalized spacial score (nSPS) is 12.5. The molecule has 6 nitrogen and oxygen atoms in total. The molecule has 1 aliphatic heterocycles. The Morgan fingerprint density at radius 2 is 1.77 bits per heavy atom. The summed E-state index contributed by atoms with van der Waals surface area (Å²) in [5.74, 6) is 2.26. The van der Waals surface area contributed by atoms with Crippen molar-refractivity contribution in [2.45, 2.75) is 13.8 Å². The number of carbonyl (C=O) groups is 1. The summed E-state index contributed by atoms with van der Waals surface area (Å²) < 4.78 is 19.1. The highest BCUT2D eigenvalue weighted by Crippen LogP contribution is 2.33. The van der Waals surface area contributed by atoms with Crippen LogP contribution in [0.5, 0.6) is 17.2 Å². The van der Waals surface area contributed by atoms with Gasteiger partial charge < -0.3 is 23.7 Å². The van der Waals surface area contributed by atoms with Crippen molar-refractivity contribution < 1.29 is 19.0 Å². The summed E-state index contributed by atoms with van der Waals surface area (Å²) in [6, 6.07) is 17.4. The summed E-state index contributed by atoms with van der Waals surface area (Å²) in [6.07, 6.45) is 0. The van der Waals surface area contributed by atoms with E-state index in [4.69, 9.17) is 14.2 Å². The fraction of sp³-hybridized carbons (Fsp3) is 0.292. The Bertz CT molecular complexity index is 1040. The summed E-state index contributed by atoms with van der Waals surface area (Å²) >= 11 is 0. The standard InChI is InChI=1S/C24H26N2O4/c1-17-15-21(24(27)25(3)11-12-28-20-7-5-4-6-8-20)18(2)26(17)19-9-10-22-23(16-19)30-14-13-29-22/h4-10,15-16H,11-14H2,1-3H3. The number of hydrogen-bond donors (Lipinski definition) is 0. The minimum atomic E-state index is -0.0245. The van der Waals surface area contributed by atoms with Crippen LogP contribution >= 0.6 is 0 Å². The molecule has 1 aliphatic rings. The van der Waals surface area contributed by atoms with Gasteiger partial charge in [0.1, 0.15) is 25.6 Å². The fourth-order valence-electron chi connectivity index (χ4n) is 3.67. The number of carbonyl (C=O) groups excluding carboxylic acids is 1. The second kappa shape index (κ2) is 8.53. The fourth-order valence-corrected chi connectivity index (χ4v) is 3.67. The minimum absolute atomic E-state index is 0.0245. The molecule has 2 heterocycles. The molecule has 2 aromatic carbocycles. The SMILES string of the molecule is Cc1cc(C(=O)N(C)CCOc2ccccc2)c(C)n1-c1ccc2c(c1)OCCO2. The first-order valence-electron chi connectivity index (χ1n) is 10.1. The summed E-state index contributed by atoms with van der Waals surface area (Å²) in [7, 11) is 1.80. The molecule has 0 bridgehead atoms. The molecular weight excluding hydrogens is 380 g/mol. The highest BCUT2D eigenvalue weighted by Gasteiger charge is 2.21. The molecule has 0 atom stereocenters. The van der Waals surface area contributed by atoms with Crippen molar-refractivity contribution in [1.29, 1.82) is 0 Å². The Balaban J connectivity index is 1.49. The second-order valence-corrected chi connectivity index (χ2v) is 7.34. The molecule has 156 valence electrons. The lowest BCUT2D eigenvalue weighted by Gasteiger charge is -2.20. The van der Waals surface area contributed by atoms with E-state index in [2.05, 4.69) is 4.57 Å². The van der Waals surface area contributed by atoms with Crippen molar-refractivity contribution in [3.8, 4) is 22.9 Å². The number of likely N-dealkylation sites (N-methyl/N-ethyl adjacent to an activating group) is 1. The molecule has 0 spiro atoms. The van der Waals surface area contributed by atoms with E-state index in [1.807, 2.05) is 68.4 Å². The van der Waals surface area contributed by atoms with Gasteiger partial charge in [0.05, 0.1) is 12.1 Å². The Kier molecular flexibility index (Phi) is 5.65. The first kappa shape index (κ1) is 19.9. The number of nitrogens with zero attached hydrogens (tertiary/aromatic N) is 2. The van der Waals surface area contributed by atoms with E-state index in [0.717, 1.165) is 34.3 Å². The van der Waals surface area contributed by atoms with Gasteiger partial charge in [0, 0.05) is 30.2 Å². The number of aryl methyl sites for hydroxylation is 1. The summed E-state index contributed by atoms with van der Waals surface area (Å²) in [6.45, 7) is 6.01. The first-order valence-corrected chi connectivity index (χ1v) is 10.1. The Hall–Kier alpha value is -3.41. The van der Waals surface area contributed by atoms with E-state index >= 15 is 0 Å². The van der Waals surface area contributed by atoms with E-state index in [0.29, 0.717) is 31.9 Å². The van der Waals surface area contributed by atoms with Crippen LogP contribution in [-0.2, 0) is 0 Å². The van der Waals surface area contributed by atoms with Crippen LogP contribution in [0, 0.1) is 13.8 Å². The summed E-state index contributed by atoms with van der Waals surface area (Å²) in [5.41, 5.74) is 3.51. The van der Waals surface area contributed by atoms with E-state index < -0.39 is 0 Å². The molecule has 0 saturated carbocycles. The van der Waals surface area contributed by atoms with Crippen LogP contribution < -0.4 is 14.2 Å². The van der Waals surface area contributed by atoms with Crippen molar-refractivity contribution in [3.63, 3.8) is 0 Å². The van der Waals surface area contributed by atoms with Gasteiger partial charge in [0.15, 0.2) is 11.5 Å². The lowest BCUT2D eigenvalue weighted by Crippen LogP contribution is -2.31. The van der Waals surface area contributed by atoms with Gasteiger partial charge in [-0.15, -0.1) is 0 Å². The smallest absolute Gasteiger partial charge is 0.255 e. The third-order valence-electron chi connectivity index (χ3n) is 5.23. The number of benzene rings is 2. The minimum Gasteiger partial charge on any atom is -0.492 e. The van der Waals surface area contributed by atoms with Crippen LogP contribution in [0.25, 0.3) is 5.69 Å². The quantitative estimate of drug-likeness (QED) is 0.621. The van der Waals surface area contributed by atoms with Crippen LogP contribution in [0.1, 0.15) is 21.7 Å². The predicted molar refractivity (Wildman–Crippen MR) is 115 cm³/mol.